The molecule has 2 aromatic heterocycles. The summed E-state index contributed by atoms with van der Waals surface area (Å²) in [7, 11) is 0. The van der Waals surface area contributed by atoms with E-state index < -0.39 is 5.41 Å². The van der Waals surface area contributed by atoms with Crippen molar-refractivity contribution in [3.63, 3.8) is 0 Å². The smallest absolute Gasteiger partial charge is 0.0726 e. The zero-order chi connectivity index (χ0) is 45.0. The van der Waals surface area contributed by atoms with Crippen LogP contribution in [0.2, 0.25) is 0 Å². The van der Waals surface area contributed by atoms with Gasteiger partial charge in [0.05, 0.1) is 27.5 Å². The fourth-order valence-electron chi connectivity index (χ4n) is 12.9. The molecule has 2 heteroatoms. The summed E-state index contributed by atoms with van der Waals surface area (Å²) in [5, 5.41) is 15.2. The van der Waals surface area contributed by atoms with E-state index in [0.717, 1.165) is 11.4 Å². The van der Waals surface area contributed by atoms with Gasteiger partial charge in [0.1, 0.15) is 0 Å². The molecule has 2 aliphatic rings. The van der Waals surface area contributed by atoms with Crippen LogP contribution in [0.15, 0.2) is 231 Å². The van der Waals surface area contributed by atoms with Gasteiger partial charge in [-0.15, -0.1) is 0 Å². The highest BCUT2D eigenvalue weighted by Crippen LogP contribution is 2.59. The fourth-order valence-corrected chi connectivity index (χ4v) is 12.9. The van der Waals surface area contributed by atoms with E-state index in [2.05, 4.69) is 252 Å². The lowest BCUT2D eigenvalue weighted by Crippen LogP contribution is -2.30. The van der Waals surface area contributed by atoms with Gasteiger partial charge in [-0.2, -0.15) is 0 Å². The van der Waals surface area contributed by atoms with E-state index in [1.54, 1.807) is 0 Å². The van der Waals surface area contributed by atoms with Crippen LogP contribution >= 0.6 is 0 Å². The molecule has 0 aliphatic heterocycles. The molecule has 2 nitrogen and oxygen atoms in total. The lowest BCUT2D eigenvalue weighted by atomic mass is 9.66. The molecule has 12 aromatic carbocycles. The van der Waals surface area contributed by atoms with E-state index in [0.29, 0.717) is 0 Å². The van der Waals surface area contributed by atoms with E-state index in [4.69, 9.17) is 0 Å². The Bertz CT molecular complexity index is 4320. The maximum atomic E-state index is 2.52. The lowest BCUT2D eigenvalue weighted by molar-refractivity contribution is 0.764. The molecule has 2 aliphatic carbocycles. The zero-order valence-electron chi connectivity index (χ0n) is 37.5. The van der Waals surface area contributed by atoms with Crippen molar-refractivity contribution < 1.29 is 0 Å². The Kier molecular flexibility index (Phi) is 7.30. The fraction of sp³-hybridized carbons (Fsp3) is 0.0149. The van der Waals surface area contributed by atoms with Gasteiger partial charge in [0.25, 0.3) is 0 Å². The number of benzene rings is 12. The van der Waals surface area contributed by atoms with Gasteiger partial charge < -0.3 is 9.13 Å². The Balaban J connectivity index is 0.992. The summed E-state index contributed by atoms with van der Waals surface area (Å²) in [6.07, 6.45) is 4.72. The second-order valence-electron chi connectivity index (χ2n) is 19.2. The first-order chi connectivity index (χ1) is 34.2. The van der Waals surface area contributed by atoms with Gasteiger partial charge in [-0.3, -0.25) is 0 Å². The predicted octanol–water partition coefficient (Wildman–Crippen LogP) is 17.3. The van der Waals surface area contributed by atoms with E-state index in [1.165, 1.54) is 131 Å². The first-order valence-electron chi connectivity index (χ1n) is 24.1. The minimum absolute atomic E-state index is 0.637. The molecular formula is C67H40N2. The van der Waals surface area contributed by atoms with Crippen LogP contribution in [0, 0.1) is 0 Å². The SMILES string of the molecule is C1=Cc2ccc(-n3c4ccccc4c4cc5c(ccc6ccccc65)cc43)cc2C2(c3cc(-n4c5ccccc5c5cc6c(ccc7ccccc76)cc54)ccc31)c1ccccc1-c1ccccc12. The van der Waals surface area contributed by atoms with Gasteiger partial charge in [0, 0.05) is 32.9 Å². The molecule has 0 fully saturated rings. The van der Waals surface area contributed by atoms with Crippen molar-refractivity contribution in [3.8, 4) is 22.5 Å². The van der Waals surface area contributed by atoms with Crippen molar-refractivity contribution >= 4 is 98.9 Å². The maximum Gasteiger partial charge on any atom is 0.0726 e. The third-order valence-electron chi connectivity index (χ3n) is 15.9. The standard InChI is InChI=1S/C67H40N2/c1-3-15-49-41(13-1)25-29-45-35-65-57(39-55(45)49)53-19-7-11-23-63(53)68(65)47-33-31-43-27-28-44-32-34-48(38-62(44)67(61(43)37-47)59-21-9-5-17-51(59)52-18-6-10-22-60(52)67)69-64-24-12-8-20-54(64)58-40-56-46(36-66(58)69)30-26-42-14-2-4-16-50(42)56/h1-40H. The summed E-state index contributed by atoms with van der Waals surface area (Å²) in [5.74, 6) is 0. The van der Waals surface area contributed by atoms with E-state index in [-0.39, 0.29) is 0 Å². The summed E-state index contributed by atoms with van der Waals surface area (Å²) in [4.78, 5) is 0. The molecule has 0 saturated carbocycles. The number of para-hydroxylation sites is 2. The predicted molar refractivity (Wildman–Crippen MR) is 291 cm³/mol. The Labute approximate surface area is 397 Å². The highest BCUT2D eigenvalue weighted by molar-refractivity contribution is 6.20. The first-order valence-corrected chi connectivity index (χ1v) is 24.1. The molecule has 16 rings (SSSR count). The van der Waals surface area contributed by atoms with Crippen molar-refractivity contribution in [3.05, 3.63) is 264 Å². The molecule has 0 atom stereocenters. The minimum Gasteiger partial charge on any atom is -0.309 e. The van der Waals surface area contributed by atoms with Gasteiger partial charge in [-0.05, 0) is 148 Å². The van der Waals surface area contributed by atoms with Crippen LogP contribution in [0.4, 0.5) is 0 Å². The van der Waals surface area contributed by atoms with Crippen molar-refractivity contribution in [1.29, 1.82) is 0 Å². The average molecular weight is 873 g/mol. The average Bonchev–Trinajstić information content (AvgIpc) is 3.98. The number of nitrogens with zero attached hydrogens (tertiary/aromatic N) is 2. The molecule has 0 radical (unpaired) electrons. The summed E-state index contributed by atoms with van der Waals surface area (Å²) < 4.78 is 5.02. The third kappa shape index (κ3) is 4.89. The van der Waals surface area contributed by atoms with Crippen molar-refractivity contribution in [1.82, 2.24) is 9.13 Å². The Morgan fingerprint density at radius 3 is 1.14 bits per heavy atom. The van der Waals surface area contributed by atoms with Gasteiger partial charge in [0.15, 0.2) is 0 Å². The molecule has 0 N–H and O–H groups in total. The largest absolute Gasteiger partial charge is 0.309 e. The molecule has 0 bridgehead atoms. The van der Waals surface area contributed by atoms with Gasteiger partial charge in [-0.1, -0.05) is 182 Å². The molecule has 0 saturated heterocycles. The molecule has 0 amide bonds. The molecule has 14 aromatic rings. The van der Waals surface area contributed by atoms with Gasteiger partial charge in [-0.25, -0.2) is 0 Å². The summed E-state index contributed by atoms with van der Waals surface area (Å²) in [5.41, 5.74) is 16.7. The molecule has 69 heavy (non-hydrogen) atoms. The van der Waals surface area contributed by atoms with Crippen LogP contribution in [0.25, 0.3) is 121 Å². The second-order valence-corrected chi connectivity index (χ2v) is 19.2. The zero-order valence-corrected chi connectivity index (χ0v) is 37.5. The summed E-state index contributed by atoms with van der Waals surface area (Å²) in [6.45, 7) is 0. The number of aromatic nitrogens is 2. The van der Waals surface area contributed by atoms with E-state index >= 15 is 0 Å². The lowest BCUT2D eigenvalue weighted by Gasteiger charge is -2.36. The van der Waals surface area contributed by atoms with Gasteiger partial charge in [0.2, 0.25) is 0 Å². The second kappa shape index (κ2) is 13.6. The Hall–Kier alpha value is -8.98. The summed E-state index contributed by atoms with van der Waals surface area (Å²) in [6, 6.07) is 87.0. The normalized spacial score (nSPS) is 13.6. The Morgan fingerprint density at radius 2 is 0.652 bits per heavy atom. The molecule has 0 unspecified atom stereocenters. The highest BCUT2D eigenvalue weighted by atomic mass is 15.0. The Morgan fingerprint density at radius 1 is 0.246 bits per heavy atom. The van der Waals surface area contributed by atoms with E-state index in [9.17, 15) is 0 Å². The first kappa shape index (κ1) is 37.1. The van der Waals surface area contributed by atoms with Crippen LogP contribution < -0.4 is 0 Å². The minimum atomic E-state index is -0.637. The molecule has 318 valence electrons. The number of hydrogen-bond acceptors (Lipinski definition) is 0. The van der Waals surface area contributed by atoms with Crippen LogP contribution in [0.1, 0.15) is 33.4 Å². The highest BCUT2D eigenvalue weighted by Gasteiger charge is 2.48. The van der Waals surface area contributed by atoms with Crippen molar-refractivity contribution in [2.75, 3.05) is 0 Å². The quantitative estimate of drug-likeness (QED) is 0.153. The molecule has 2 heterocycles. The van der Waals surface area contributed by atoms with Crippen LogP contribution in [0.5, 0.6) is 0 Å². The van der Waals surface area contributed by atoms with Crippen molar-refractivity contribution in [2.24, 2.45) is 0 Å². The van der Waals surface area contributed by atoms with Crippen LogP contribution in [-0.4, -0.2) is 9.13 Å². The molecule has 1 spiro atoms. The maximum absolute atomic E-state index is 2.52. The van der Waals surface area contributed by atoms with Crippen LogP contribution in [-0.2, 0) is 5.41 Å². The topological polar surface area (TPSA) is 9.86 Å². The third-order valence-corrected chi connectivity index (χ3v) is 15.9. The number of rotatable bonds is 2. The van der Waals surface area contributed by atoms with E-state index in [1.807, 2.05) is 0 Å². The van der Waals surface area contributed by atoms with Crippen molar-refractivity contribution in [2.45, 2.75) is 5.41 Å². The number of hydrogen-bond donors (Lipinski definition) is 0. The number of fused-ring (bicyclic) bond motifs is 21. The monoisotopic (exact) mass is 872 g/mol. The summed E-state index contributed by atoms with van der Waals surface area (Å²) >= 11 is 0. The van der Waals surface area contributed by atoms with Crippen LogP contribution in [0.3, 0.4) is 0 Å². The molecular weight excluding hydrogens is 833 g/mol. The van der Waals surface area contributed by atoms with Gasteiger partial charge >= 0.3 is 0 Å².